The normalized spacial score (nSPS) is 11.0. The van der Waals surface area contributed by atoms with Crippen LogP contribution in [-0.4, -0.2) is 20.5 Å². The van der Waals surface area contributed by atoms with Crippen LogP contribution in [0, 0.1) is 0 Å². The van der Waals surface area contributed by atoms with Crippen molar-refractivity contribution in [2.75, 3.05) is 0 Å². The smallest absolute Gasteiger partial charge is 0.352 e. The predicted molar refractivity (Wildman–Crippen MR) is 74.8 cm³/mol. The molecule has 0 saturated heterocycles. The molecule has 3 aromatic rings. The SMILES string of the molecule is CCc1ccc(-c2cn3c(C(=O)O)cccc3n2)s1. The third-order valence-electron chi connectivity index (χ3n) is 2.97. The summed E-state index contributed by atoms with van der Waals surface area (Å²) in [6.07, 6.45) is 2.78. The first kappa shape index (κ1) is 11.9. The molecule has 1 N–H and O–H groups in total. The molecule has 0 fully saturated rings. The Morgan fingerprint density at radius 2 is 2.21 bits per heavy atom. The van der Waals surface area contributed by atoms with Gasteiger partial charge in [-0.2, -0.15) is 0 Å². The Labute approximate surface area is 114 Å². The second-order valence-electron chi connectivity index (χ2n) is 4.19. The average Bonchev–Trinajstić information content (AvgIpc) is 3.03. The Morgan fingerprint density at radius 1 is 1.37 bits per heavy atom. The third kappa shape index (κ3) is 2.02. The van der Waals surface area contributed by atoms with Gasteiger partial charge >= 0.3 is 5.97 Å². The minimum Gasteiger partial charge on any atom is -0.477 e. The number of imidazole rings is 1. The molecule has 19 heavy (non-hydrogen) atoms. The number of thiophene rings is 1. The van der Waals surface area contributed by atoms with E-state index in [-0.39, 0.29) is 5.69 Å². The van der Waals surface area contributed by atoms with E-state index in [1.807, 2.05) is 12.1 Å². The highest BCUT2D eigenvalue weighted by atomic mass is 32.1. The summed E-state index contributed by atoms with van der Waals surface area (Å²) in [5.41, 5.74) is 1.70. The van der Waals surface area contributed by atoms with Crippen molar-refractivity contribution in [3.63, 3.8) is 0 Å². The Hall–Kier alpha value is -2.14. The lowest BCUT2D eigenvalue weighted by Gasteiger charge is -1.97. The highest BCUT2D eigenvalue weighted by Gasteiger charge is 2.12. The molecular formula is C14H12N2O2S. The van der Waals surface area contributed by atoms with Crippen molar-refractivity contribution in [3.8, 4) is 10.6 Å². The number of pyridine rings is 1. The molecule has 0 atom stereocenters. The van der Waals surface area contributed by atoms with Gasteiger partial charge in [0.05, 0.1) is 10.6 Å². The number of rotatable bonds is 3. The van der Waals surface area contributed by atoms with E-state index < -0.39 is 5.97 Å². The lowest BCUT2D eigenvalue weighted by Crippen LogP contribution is -2.03. The van der Waals surface area contributed by atoms with Gasteiger partial charge in [-0.1, -0.05) is 13.0 Å². The molecule has 0 aromatic carbocycles. The Balaban J connectivity index is 2.16. The molecule has 0 spiro atoms. The molecule has 0 radical (unpaired) electrons. The summed E-state index contributed by atoms with van der Waals surface area (Å²) in [4.78, 5) is 18.0. The van der Waals surface area contributed by atoms with Crippen LogP contribution in [0.4, 0.5) is 0 Å². The summed E-state index contributed by atoms with van der Waals surface area (Å²) in [6, 6.07) is 9.21. The quantitative estimate of drug-likeness (QED) is 0.795. The van der Waals surface area contributed by atoms with Crippen molar-refractivity contribution in [2.24, 2.45) is 0 Å². The molecule has 0 aliphatic rings. The number of aromatic carboxylic acids is 1. The van der Waals surface area contributed by atoms with Crippen molar-refractivity contribution in [1.82, 2.24) is 9.38 Å². The zero-order valence-electron chi connectivity index (χ0n) is 10.3. The van der Waals surface area contributed by atoms with Crippen LogP contribution in [0.2, 0.25) is 0 Å². The summed E-state index contributed by atoms with van der Waals surface area (Å²) in [5.74, 6) is -0.949. The first-order valence-corrected chi connectivity index (χ1v) is 6.81. The molecular weight excluding hydrogens is 260 g/mol. The molecule has 3 rings (SSSR count). The first-order valence-electron chi connectivity index (χ1n) is 5.99. The average molecular weight is 272 g/mol. The number of carboxylic acid groups (broad SMARTS) is 1. The topological polar surface area (TPSA) is 54.6 Å². The fourth-order valence-electron chi connectivity index (χ4n) is 2.01. The maximum Gasteiger partial charge on any atom is 0.352 e. The zero-order valence-corrected chi connectivity index (χ0v) is 11.1. The van der Waals surface area contributed by atoms with E-state index in [1.165, 1.54) is 4.88 Å². The predicted octanol–water partition coefficient (Wildman–Crippen LogP) is 3.32. The maximum atomic E-state index is 11.2. The fraction of sp³-hybridized carbons (Fsp3) is 0.143. The van der Waals surface area contributed by atoms with Crippen molar-refractivity contribution >= 4 is 23.0 Å². The summed E-state index contributed by atoms with van der Waals surface area (Å²) in [7, 11) is 0. The molecule has 5 heteroatoms. The highest BCUT2D eigenvalue weighted by Crippen LogP contribution is 2.28. The molecule has 4 nitrogen and oxygen atoms in total. The van der Waals surface area contributed by atoms with Crippen LogP contribution in [0.3, 0.4) is 0 Å². The van der Waals surface area contributed by atoms with Gasteiger partial charge in [0.2, 0.25) is 0 Å². The van der Waals surface area contributed by atoms with Gasteiger partial charge in [0, 0.05) is 11.1 Å². The van der Waals surface area contributed by atoms with Gasteiger partial charge in [0.25, 0.3) is 0 Å². The summed E-state index contributed by atoms with van der Waals surface area (Å²) in [5, 5.41) is 9.16. The Kier molecular flexibility index (Phi) is 2.83. The lowest BCUT2D eigenvalue weighted by atomic mass is 10.3. The van der Waals surface area contributed by atoms with Crippen molar-refractivity contribution in [1.29, 1.82) is 0 Å². The van der Waals surface area contributed by atoms with Gasteiger partial charge in [-0.15, -0.1) is 11.3 Å². The van der Waals surface area contributed by atoms with E-state index >= 15 is 0 Å². The standard InChI is InChI=1S/C14H12N2O2S/c1-2-9-6-7-12(19-9)10-8-16-11(14(17)18)4-3-5-13(16)15-10/h3-8H,2H2,1H3,(H,17,18). The number of nitrogens with zero attached hydrogens (tertiary/aromatic N) is 2. The number of carbonyl (C=O) groups is 1. The highest BCUT2D eigenvalue weighted by molar-refractivity contribution is 7.15. The first-order chi connectivity index (χ1) is 9.19. The van der Waals surface area contributed by atoms with E-state index in [4.69, 9.17) is 5.11 Å². The fourth-order valence-corrected chi connectivity index (χ4v) is 2.91. The molecule has 0 unspecified atom stereocenters. The van der Waals surface area contributed by atoms with Crippen molar-refractivity contribution < 1.29 is 9.90 Å². The van der Waals surface area contributed by atoms with Crippen LogP contribution < -0.4 is 0 Å². The molecule has 0 bridgehead atoms. The van der Waals surface area contributed by atoms with E-state index in [0.717, 1.165) is 17.0 Å². The van der Waals surface area contributed by atoms with Gasteiger partial charge < -0.3 is 5.11 Å². The van der Waals surface area contributed by atoms with Crippen LogP contribution in [0.1, 0.15) is 22.3 Å². The number of carboxylic acids is 1. The largest absolute Gasteiger partial charge is 0.477 e. The van der Waals surface area contributed by atoms with Gasteiger partial charge in [0.15, 0.2) is 0 Å². The van der Waals surface area contributed by atoms with E-state index in [0.29, 0.717) is 5.65 Å². The molecule has 0 aliphatic heterocycles. The van der Waals surface area contributed by atoms with E-state index in [2.05, 4.69) is 18.0 Å². The van der Waals surface area contributed by atoms with Gasteiger partial charge in [-0.3, -0.25) is 4.40 Å². The number of hydrogen-bond donors (Lipinski definition) is 1. The lowest BCUT2D eigenvalue weighted by molar-refractivity contribution is 0.0689. The monoisotopic (exact) mass is 272 g/mol. The summed E-state index contributed by atoms with van der Waals surface area (Å²) >= 11 is 1.69. The van der Waals surface area contributed by atoms with E-state index in [1.54, 1.807) is 34.1 Å². The second kappa shape index (κ2) is 4.51. The van der Waals surface area contributed by atoms with Crippen LogP contribution in [0.15, 0.2) is 36.5 Å². The number of fused-ring (bicyclic) bond motifs is 1. The molecule has 3 heterocycles. The number of aryl methyl sites for hydroxylation is 1. The van der Waals surface area contributed by atoms with Gasteiger partial charge in [-0.25, -0.2) is 9.78 Å². The number of hydrogen-bond acceptors (Lipinski definition) is 3. The van der Waals surface area contributed by atoms with Crippen LogP contribution in [0.5, 0.6) is 0 Å². The molecule has 0 amide bonds. The molecule has 3 aromatic heterocycles. The third-order valence-corrected chi connectivity index (χ3v) is 4.23. The zero-order chi connectivity index (χ0) is 13.4. The maximum absolute atomic E-state index is 11.2. The molecule has 0 aliphatic carbocycles. The van der Waals surface area contributed by atoms with Crippen LogP contribution >= 0.6 is 11.3 Å². The second-order valence-corrected chi connectivity index (χ2v) is 5.36. The Bertz CT molecular complexity index is 758. The van der Waals surface area contributed by atoms with Crippen LogP contribution in [0.25, 0.3) is 16.2 Å². The van der Waals surface area contributed by atoms with Gasteiger partial charge in [0.1, 0.15) is 11.3 Å². The van der Waals surface area contributed by atoms with Crippen LogP contribution in [-0.2, 0) is 6.42 Å². The van der Waals surface area contributed by atoms with Crippen molar-refractivity contribution in [3.05, 3.63) is 47.1 Å². The summed E-state index contributed by atoms with van der Waals surface area (Å²) < 4.78 is 1.61. The number of aromatic nitrogens is 2. The minimum atomic E-state index is -0.949. The molecule has 96 valence electrons. The molecule has 0 saturated carbocycles. The van der Waals surface area contributed by atoms with Gasteiger partial charge in [-0.05, 0) is 30.7 Å². The van der Waals surface area contributed by atoms with E-state index in [9.17, 15) is 4.79 Å². The Morgan fingerprint density at radius 3 is 2.89 bits per heavy atom. The van der Waals surface area contributed by atoms with Crippen molar-refractivity contribution in [2.45, 2.75) is 13.3 Å². The minimum absolute atomic E-state index is 0.225. The summed E-state index contributed by atoms with van der Waals surface area (Å²) in [6.45, 7) is 2.11.